The number of nitrogens with zero attached hydrogens (tertiary/aromatic N) is 1. The van der Waals surface area contributed by atoms with Gasteiger partial charge in [-0.1, -0.05) is 6.07 Å². The number of sulfone groups is 1. The lowest BCUT2D eigenvalue weighted by molar-refractivity contribution is 0.324. The topological polar surface area (TPSA) is 56.3 Å². The van der Waals surface area contributed by atoms with Gasteiger partial charge < -0.3 is 4.74 Å². The molecule has 4 nitrogen and oxygen atoms in total. The lowest BCUT2D eigenvalue weighted by atomic mass is 10.4. The van der Waals surface area contributed by atoms with Gasteiger partial charge in [0.15, 0.2) is 14.9 Å². The third-order valence-corrected chi connectivity index (χ3v) is 4.65. The van der Waals surface area contributed by atoms with E-state index in [-0.39, 0.29) is 5.03 Å². The molecule has 0 fully saturated rings. The summed E-state index contributed by atoms with van der Waals surface area (Å²) < 4.78 is 29.4. The maximum atomic E-state index is 12.1. The van der Waals surface area contributed by atoms with Crippen LogP contribution in [0.15, 0.2) is 23.2 Å². The van der Waals surface area contributed by atoms with Crippen molar-refractivity contribution in [1.29, 1.82) is 0 Å². The van der Waals surface area contributed by atoms with Crippen molar-refractivity contribution in [3.63, 3.8) is 0 Å². The van der Waals surface area contributed by atoms with Gasteiger partial charge in [-0.05, 0) is 26.3 Å². The highest BCUT2D eigenvalue weighted by Gasteiger charge is 2.24. The molecule has 0 aliphatic rings. The van der Waals surface area contributed by atoms with E-state index in [9.17, 15) is 8.42 Å². The summed E-state index contributed by atoms with van der Waals surface area (Å²) >= 11 is 5.56. The molecule has 1 atom stereocenters. The number of pyridine rings is 1. The minimum absolute atomic E-state index is 0.0427. The van der Waals surface area contributed by atoms with Gasteiger partial charge in [0.2, 0.25) is 5.88 Å². The van der Waals surface area contributed by atoms with E-state index in [0.29, 0.717) is 24.8 Å². The van der Waals surface area contributed by atoms with Crippen LogP contribution in [0.4, 0.5) is 0 Å². The fourth-order valence-electron chi connectivity index (χ4n) is 1.30. The van der Waals surface area contributed by atoms with Crippen molar-refractivity contribution in [3.8, 4) is 5.88 Å². The van der Waals surface area contributed by atoms with Crippen molar-refractivity contribution >= 4 is 21.4 Å². The number of hydrogen-bond acceptors (Lipinski definition) is 4. The van der Waals surface area contributed by atoms with Crippen LogP contribution in [0.25, 0.3) is 0 Å². The quantitative estimate of drug-likeness (QED) is 0.749. The summed E-state index contributed by atoms with van der Waals surface area (Å²) in [5.41, 5.74) is 0. The molecule has 1 rings (SSSR count). The Bertz CT molecular complexity index is 462. The van der Waals surface area contributed by atoms with Crippen LogP contribution in [0.3, 0.4) is 0 Å². The minimum atomic E-state index is -3.42. The minimum Gasteiger partial charge on any atom is -0.478 e. The van der Waals surface area contributed by atoms with Crippen molar-refractivity contribution in [1.82, 2.24) is 4.98 Å². The second-order valence-electron chi connectivity index (χ2n) is 3.58. The molecule has 0 aliphatic heterocycles. The van der Waals surface area contributed by atoms with E-state index in [1.165, 1.54) is 6.07 Å². The molecule has 1 heterocycles. The molecule has 17 heavy (non-hydrogen) atoms. The first kappa shape index (κ1) is 14.3. The maximum Gasteiger partial charge on any atom is 0.214 e. The molecule has 0 saturated carbocycles. The van der Waals surface area contributed by atoms with Gasteiger partial charge in [0.25, 0.3) is 0 Å². The second-order valence-corrected chi connectivity index (χ2v) is 6.27. The molecular formula is C11H16ClNO3S. The predicted molar refractivity (Wildman–Crippen MR) is 67.4 cm³/mol. The summed E-state index contributed by atoms with van der Waals surface area (Å²) in [5.74, 6) is 0.637. The van der Waals surface area contributed by atoms with Crippen LogP contribution in [0.5, 0.6) is 5.88 Å². The number of aromatic nitrogens is 1. The van der Waals surface area contributed by atoms with Gasteiger partial charge in [0, 0.05) is 11.9 Å². The van der Waals surface area contributed by atoms with Crippen molar-refractivity contribution in [2.45, 2.75) is 30.5 Å². The fraction of sp³-hybridized carbons (Fsp3) is 0.545. The van der Waals surface area contributed by atoms with Crippen LogP contribution >= 0.6 is 11.6 Å². The van der Waals surface area contributed by atoms with Crippen molar-refractivity contribution in [3.05, 3.63) is 18.2 Å². The van der Waals surface area contributed by atoms with Gasteiger partial charge >= 0.3 is 0 Å². The first-order valence-electron chi connectivity index (χ1n) is 5.42. The van der Waals surface area contributed by atoms with E-state index in [0.717, 1.165) is 0 Å². The monoisotopic (exact) mass is 277 g/mol. The zero-order chi connectivity index (χ0) is 12.9. The molecule has 0 N–H and O–H groups in total. The second kappa shape index (κ2) is 6.21. The van der Waals surface area contributed by atoms with Gasteiger partial charge in [0.05, 0.1) is 11.9 Å². The van der Waals surface area contributed by atoms with Crippen LogP contribution in [0.2, 0.25) is 0 Å². The molecule has 1 aromatic heterocycles. The van der Waals surface area contributed by atoms with Crippen molar-refractivity contribution in [2.75, 3.05) is 12.5 Å². The lowest BCUT2D eigenvalue weighted by Crippen LogP contribution is -2.19. The number of alkyl halides is 1. The van der Waals surface area contributed by atoms with Crippen LogP contribution in [0, 0.1) is 0 Å². The normalized spacial score (nSPS) is 13.4. The Kier molecular flexibility index (Phi) is 5.21. The fourth-order valence-corrected chi connectivity index (χ4v) is 3.08. The first-order chi connectivity index (χ1) is 8.02. The summed E-state index contributed by atoms with van der Waals surface area (Å²) in [6.45, 7) is 3.90. The van der Waals surface area contributed by atoms with E-state index >= 15 is 0 Å². The molecule has 0 spiro atoms. The van der Waals surface area contributed by atoms with Crippen LogP contribution in [-0.4, -0.2) is 31.1 Å². The molecule has 6 heteroatoms. The third-order valence-electron chi connectivity index (χ3n) is 2.33. The van der Waals surface area contributed by atoms with Gasteiger partial charge in [-0.25, -0.2) is 13.4 Å². The Morgan fingerprint density at radius 2 is 2.18 bits per heavy atom. The molecule has 1 unspecified atom stereocenters. The van der Waals surface area contributed by atoms with E-state index in [2.05, 4.69) is 4.98 Å². The van der Waals surface area contributed by atoms with E-state index < -0.39 is 15.1 Å². The molecule has 0 aromatic carbocycles. The van der Waals surface area contributed by atoms with Gasteiger partial charge in [-0.2, -0.15) is 0 Å². The number of halogens is 1. The summed E-state index contributed by atoms with van der Waals surface area (Å²) in [5, 5.41) is -0.495. The van der Waals surface area contributed by atoms with E-state index in [4.69, 9.17) is 16.3 Å². The molecule has 0 bridgehead atoms. The van der Waals surface area contributed by atoms with E-state index in [1.807, 2.05) is 6.92 Å². The van der Waals surface area contributed by atoms with E-state index in [1.54, 1.807) is 19.1 Å². The maximum absolute atomic E-state index is 12.1. The predicted octanol–water partition coefficient (Wildman–Crippen LogP) is 2.27. The number of ether oxygens (including phenoxy) is 1. The standard InChI is InChI=1S/C11H16ClNO3S/c1-3-16-10-5-4-6-11(13-10)17(14,15)9(2)7-8-12/h4-6,9H,3,7-8H2,1-2H3. The molecule has 0 saturated heterocycles. The zero-order valence-electron chi connectivity index (χ0n) is 9.89. The SMILES string of the molecule is CCOc1cccc(S(=O)(=O)C(C)CCCl)n1. The molecule has 0 radical (unpaired) electrons. The van der Waals surface area contributed by atoms with Crippen molar-refractivity contribution in [2.24, 2.45) is 0 Å². The largest absolute Gasteiger partial charge is 0.478 e. The Morgan fingerprint density at radius 1 is 1.47 bits per heavy atom. The third kappa shape index (κ3) is 3.57. The first-order valence-corrected chi connectivity index (χ1v) is 7.50. The molecule has 96 valence electrons. The van der Waals surface area contributed by atoms with Crippen LogP contribution in [0.1, 0.15) is 20.3 Å². The highest BCUT2D eigenvalue weighted by atomic mass is 35.5. The summed E-state index contributed by atoms with van der Waals surface area (Å²) in [7, 11) is -3.42. The number of rotatable bonds is 6. The molecular weight excluding hydrogens is 262 g/mol. The zero-order valence-corrected chi connectivity index (χ0v) is 11.5. The van der Waals surface area contributed by atoms with Crippen molar-refractivity contribution < 1.29 is 13.2 Å². The Balaban J connectivity index is 3.02. The Hall–Kier alpha value is -0.810. The smallest absolute Gasteiger partial charge is 0.214 e. The summed E-state index contributed by atoms with van der Waals surface area (Å²) in [6.07, 6.45) is 0.407. The Morgan fingerprint density at radius 3 is 2.76 bits per heavy atom. The lowest BCUT2D eigenvalue weighted by Gasteiger charge is -2.11. The average Bonchev–Trinajstić information content (AvgIpc) is 2.30. The summed E-state index contributed by atoms with van der Waals surface area (Å²) in [6, 6.07) is 4.73. The van der Waals surface area contributed by atoms with Gasteiger partial charge in [0.1, 0.15) is 0 Å². The molecule has 1 aromatic rings. The Labute approximate surface area is 107 Å². The van der Waals surface area contributed by atoms with Gasteiger partial charge in [-0.15, -0.1) is 11.6 Å². The van der Waals surface area contributed by atoms with Crippen LogP contribution < -0.4 is 4.74 Å². The molecule has 0 amide bonds. The number of hydrogen-bond donors (Lipinski definition) is 0. The highest BCUT2D eigenvalue weighted by Crippen LogP contribution is 2.19. The van der Waals surface area contributed by atoms with Gasteiger partial charge in [-0.3, -0.25) is 0 Å². The summed E-state index contributed by atoms with van der Waals surface area (Å²) in [4.78, 5) is 3.98. The molecule has 0 aliphatic carbocycles. The van der Waals surface area contributed by atoms with Crippen LogP contribution in [-0.2, 0) is 9.84 Å². The highest BCUT2D eigenvalue weighted by molar-refractivity contribution is 7.92. The average molecular weight is 278 g/mol.